The molecule has 9 heteroatoms. The summed E-state index contributed by atoms with van der Waals surface area (Å²) in [6.07, 6.45) is 3.46. The molecule has 0 radical (unpaired) electrons. The third-order valence-electron chi connectivity index (χ3n) is 5.53. The molecule has 2 heterocycles. The number of rotatable bonds is 4. The first-order valence-corrected chi connectivity index (χ1v) is 12.0. The van der Waals surface area contributed by atoms with Crippen molar-refractivity contribution in [3.05, 3.63) is 46.1 Å². The highest BCUT2D eigenvalue weighted by Crippen LogP contribution is 2.50. The van der Waals surface area contributed by atoms with E-state index in [1.807, 2.05) is 25.1 Å². The zero-order valence-corrected chi connectivity index (χ0v) is 18.1. The minimum Gasteiger partial charge on any atom is -0.378 e. The van der Waals surface area contributed by atoms with Gasteiger partial charge in [0.15, 0.2) is 9.84 Å². The fraction of sp³-hybridized carbons (Fsp3) is 0.500. The van der Waals surface area contributed by atoms with Gasteiger partial charge in [-0.2, -0.15) is 4.98 Å². The van der Waals surface area contributed by atoms with Crippen LogP contribution in [0.3, 0.4) is 0 Å². The molecule has 156 valence electrons. The van der Waals surface area contributed by atoms with Gasteiger partial charge in [-0.15, -0.1) is 0 Å². The van der Waals surface area contributed by atoms with E-state index in [9.17, 15) is 8.42 Å². The quantitative estimate of drug-likeness (QED) is 0.786. The van der Waals surface area contributed by atoms with Gasteiger partial charge >= 0.3 is 0 Å². The number of aromatic nitrogens is 2. The third-order valence-corrected chi connectivity index (χ3v) is 6.71. The number of benzene rings is 1. The van der Waals surface area contributed by atoms with Crippen LogP contribution >= 0.6 is 11.6 Å². The van der Waals surface area contributed by atoms with E-state index in [2.05, 4.69) is 14.9 Å². The van der Waals surface area contributed by atoms with Crippen molar-refractivity contribution < 1.29 is 13.2 Å². The Kier molecular flexibility index (Phi) is 5.21. The van der Waals surface area contributed by atoms with Crippen LogP contribution in [0.4, 0.5) is 11.8 Å². The molecule has 2 aromatic rings. The zero-order valence-electron chi connectivity index (χ0n) is 16.6. The van der Waals surface area contributed by atoms with Gasteiger partial charge in [0.2, 0.25) is 5.95 Å². The van der Waals surface area contributed by atoms with Crippen LogP contribution < -0.4 is 10.6 Å². The van der Waals surface area contributed by atoms with E-state index in [1.165, 1.54) is 6.26 Å². The number of aryl methyl sites for hydroxylation is 1. The molecule has 1 saturated heterocycles. The highest BCUT2D eigenvalue weighted by Gasteiger charge is 2.48. The summed E-state index contributed by atoms with van der Waals surface area (Å²) in [6.45, 7) is 3.87. The van der Waals surface area contributed by atoms with Crippen molar-refractivity contribution in [1.29, 1.82) is 0 Å². The SMILES string of the molecule is Cc1cc(N2CC3(CC3)COC[C@@H]2c2ccc(CS(C)(=O)=O)cc2Cl)nc(N)n1. The molecule has 2 aliphatic rings. The molecule has 1 aromatic carbocycles. The molecular formula is C20H25ClN4O3S. The van der Waals surface area contributed by atoms with Crippen molar-refractivity contribution in [2.45, 2.75) is 31.6 Å². The molecule has 0 bridgehead atoms. The summed E-state index contributed by atoms with van der Waals surface area (Å²) in [7, 11) is -3.13. The van der Waals surface area contributed by atoms with Crippen molar-refractivity contribution in [3.8, 4) is 0 Å². The zero-order chi connectivity index (χ0) is 20.8. The maximum absolute atomic E-state index is 11.6. The largest absolute Gasteiger partial charge is 0.378 e. The molecule has 1 spiro atoms. The Labute approximate surface area is 176 Å². The summed E-state index contributed by atoms with van der Waals surface area (Å²) in [5.74, 6) is 0.958. The molecule has 1 saturated carbocycles. The van der Waals surface area contributed by atoms with Crippen molar-refractivity contribution in [2.75, 3.05) is 36.6 Å². The second-order valence-electron chi connectivity index (χ2n) is 8.31. The maximum Gasteiger partial charge on any atom is 0.222 e. The maximum atomic E-state index is 11.6. The van der Waals surface area contributed by atoms with Crippen LogP contribution in [-0.4, -0.2) is 44.4 Å². The standard InChI is InChI=1S/C20H25ClN4O3S/c1-13-7-18(24-19(22)23-13)25-11-20(5-6-20)12-28-9-17(25)15-4-3-14(8-16(15)21)10-29(2,26)27/h3-4,7-8,17H,5-6,9-12H2,1-2H3,(H2,22,23,24)/t17-/m1/s1. The van der Waals surface area contributed by atoms with Crippen molar-refractivity contribution >= 4 is 33.2 Å². The number of hydrogen-bond acceptors (Lipinski definition) is 7. The Morgan fingerprint density at radius 1 is 1.31 bits per heavy atom. The molecule has 1 aliphatic heterocycles. The lowest BCUT2D eigenvalue weighted by Gasteiger charge is -2.33. The van der Waals surface area contributed by atoms with E-state index < -0.39 is 9.84 Å². The minimum atomic E-state index is -3.13. The second-order valence-corrected chi connectivity index (χ2v) is 10.9. The summed E-state index contributed by atoms with van der Waals surface area (Å²) in [6, 6.07) is 7.22. The smallest absolute Gasteiger partial charge is 0.222 e. The highest BCUT2D eigenvalue weighted by molar-refractivity contribution is 7.89. The Hall–Kier alpha value is -1.90. The number of nitrogen functional groups attached to an aromatic ring is 1. The van der Waals surface area contributed by atoms with Gasteiger partial charge in [-0.1, -0.05) is 23.7 Å². The van der Waals surface area contributed by atoms with E-state index in [0.29, 0.717) is 23.8 Å². The molecule has 0 unspecified atom stereocenters. The van der Waals surface area contributed by atoms with Gasteiger partial charge < -0.3 is 15.4 Å². The number of hydrogen-bond donors (Lipinski definition) is 1. The lowest BCUT2D eigenvalue weighted by molar-refractivity contribution is 0.103. The molecule has 4 rings (SSSR count). The molecular weight excluding hydrogens is 412 g/mol. The predicted molar refractivity (Wildman–Crippen MR) is 114 cm³/mol. The van der Waals surface area contributed by atoms with Gasteiger partial charge in [0.1, 0.15) is 5.82 Å². The van der Waals surface area contributed by atoms with Crippen LogP contribution in [0.5, 0.6) is 0 Å². The first-order valence-electron chi connectivity index (χ1n) is 9.56. The van der Waals surface area contributed by atoms with Gasteiger partial charge in [0.05, 0.1) is 25.0 Å². The number of sulfone groups is 1. The molecule has 1 aromatic heterocycles. The van der Waals surface area contributed by atoms with E-state index in [4.69, 9.17) is 22.1 Å². The summed E-state index contributed by atoms with van der Waals surface area (Å²) >= 11 is 6.61. The van der Waals surface area contributed by atoms with Crippen molar-refractivity contribution in [1.82, 2.24) is 9.97 Å². The van der Waals surface area contributed by atoms with E-state index in [0.717, 1.165) is 36.5 Å². The Bertz CT molecular complexity index is 1020. The second kappa shape index (κ2) is 7.41. The lowest BCUT2D eigenvalue weighted by atomic mass is 10.0. The van der Waals surface area contributed by atoms with Gasteiger partial charge in [0, 0.05) is 35.0 Å². The van der Waals surface area contributed by atoms with Crippen molar-refractivity contribution in [2.24, 2.45) is 5.41 Å². The summed E-state index contributed by atoms with van der Waals surface area (Å²) in [5.41, 5.74) is 8.42. The summed E-state index contributed by atoms with van der Waals surface area (Å²) in [5, 5.41) is 0.523. The first kappa shape index (κ1) is 20.4. The Morgan fingerprint density at radius 3 is 2.69 bits per heavy atom. The van der Waals surface area contributed by atoms with Crippen LogP contribution in [0.25, 0.3) is 0 Å². The normalized spacial score (nSPS) is 21.2. The van der Waals surface area contributed by atoms with Crippen LogP contribution in [0.2, 0.25) is 5.02 Å². The third kappa shape index (κ3) is 4.65. The topological polar surface area (TPSA) is 98.4 Å². The summed E-state index contributed by atoms with van der Waals surface area (Å²) in [4.78, 5) is 10.9. The lowest BCUT2D eigenvalue weighted by Crippen LogP contribution is -2.35. The molecule has 2 fully saturated rings. The van der Waals surface area contributed by atoms with E-state index in [1.54, 1.807) is 6.07 Å². The van der Waals surface area contributed by atoms with Gasteiger partial charge in [-0.3, -0.25) is 0 Å². The number of ether oxygens (including phenoxy) is 1. The average Bonchev–Trinajstić information content (AvgIpc) is 3.38. The summed E-state index contributed by atoms with van der Waals surface area (Å²) < 4.78 is 29.3. The van der Waals surface area contributed by atoms with Crippen LogP contribution in [-0.2, 0) is 20.3 Å². The van der Waals surface area contributed by atoms with Gasteiger partial charge in [0.25, 0.3) is 0 Å². The Morgan fingerprint density at radius 2 is 2.07 bits per heavy atom. The number of halogens is 1. The van der Waals surface area contributed by atoms with Crippen LogP contribution in [0, 0.1) is 12.3 Å². The molecule has 2 N–H and O–H groups in total. The average molecular weight is 437 g/mol. The molecule has 1 aliphatic carbocycles. The minimum absolute atomic E-state index is 0.0391. The number of nitrogens with two attached hydrogens (primary N) is 1. The molecule has 1 atom stereocenters. The van der Waals surface area contributed by atoms with Crippen LogP contribution in [0.1, 0.15) is 35.7 Å². The van der Waals surface area contributed by atoms with Crippen molar-refractivity contribution in [3.63, 3.8) is 0 Å². The monoisotopic (exact) mass is 436 g/mol. The predicted octanol–water partition coefficient (Wildman–Crippen LogP) is 2.92. The van der Waals surface area contributed by atoms with E-state index >= 15 is 0 Å². The first-order chi connectivity index (χ1) is 13.6. The van der Waals surface area contributed by atoms with Crippen LogP contribution in [0.15, 0.2) is 24.3 Å². The fourth-order valence-corrected chi connectivity index (χ4v) is 5.04. The molecule has 0 amide bonds. The number of anilines is 2. The Balaban J connectivity index is 1.73. The molecule has 7 nitrogen and oxygen atoms in total. The van der Waals surface area contributed by atoms with E-state index in [-0.39, 0.29) is 23.2 Å². The van der Waals surface area contributed by atoms with Gasteiger partial charge in [-0.25, -0.2) is 13.4 Å². The molecule has 29 heavy (non-hydrogen) atoms. The van der Waals surface area contributed by atoms with Gasteiger partial charge in [-0.05, 0) is 37.0 Å². The fourth-order valence-electron chi connectivity index (χ4n) is 3.93. The highest BCUT2D eigenvalue weighted by atomic mass is 35.5. The number of nitrogens with zero attached hydrogens (tertiary/aromatic N) is 3.